The number of nitrogens with zero attached hydrogens (tertiary/aromatic N) is 3. The number of rotatable bonds is 9. The van der Waals surface area contributed by atoms with Crippen LogP contribution < -0.4 is 14.7 Å². The SMILES string of the molecule is CC.Cc1ccc2c(c1)N(C(C)OC=O)c1c[c-]ccc1C2.Cc1ccc2c(c1)N(C(C)OC=O)c1ccccc1C2.Cc1ccc2c(c1)N(C(C)OC=O)c1ccccc1C2.[Y]. The zero-order chi connectivity index (χ0) is 44.3. The van der Waals surface area contributed by atoms with Crippen LogP contribution in [-0.2, 0) is 80.6 Å². The van der Waals surface area contributed by atoms with Gasteiger partial charge in [-0.2, -0.15) is 24.3 Å². The van der Waals surface area contributed by atoms with Gasteiger partial charge in [-0.05, 0) is 123 Å². The molecule has 63 heavy (non-hydrogen) atoms. The maximum Gasteiger partial charge on any atom is 0.295 e. The van der Waals surface area contributed by atoms with Crippen LogP contribution >= 0.6 is 0 Å². The summed E-state index contributed by atoms with van der Waals surface area (Å²) in [5, 5.41) is 0. The summed E-state index contributed by atoms with van der Waals surface area (Å²) in [5.74, 6) is 0. The van der Waals surface area contributed by atoms with Gasteiger partial charge < -0.3 is 28.9 Å². The van der Waals surface area contributed by atoms with E-state index >= 15 is 0 Å². The van der Waals surface area contributed by atoms with E-state index < -0.39 is 0 Å². The van der Waals surface area contributed by atoms with Crippen molar-refractivity contribution in [2.45, 2.75) is 93.3 Å². The maximum absolute atomic E-state index is 10.7. The van der Waals surface area contributed by atoms with Crippen molar-refractivity contribution >= 4 is 53.5 Å². The van der Waals surface area contributed by atoms with E-state index in [2.05, 4.69) is 126 Å². The Kier molecular flexibility index (Phi) is 17.3. The summed E-state index contributed by atoms with van der Waals surface area (Å²) in [6.45, 7) is 17.4. The number of fused-ring (bicyclic) bond motifs is 6. The fourth-order valence-electron chi connectivity index (χ4n) is 8.36. The van der Waals surface area contributed by atoms with E-state index in [1.54, 1.807) is 0 Å². The van der Waals surface area contributed by atoms with Crippen LogP contribution in [0, 0.1) is 26.8 Å². The van der Waals surface area contributed by atoms with Crippen molar-refractivity contribution in [3.05, 3.63) is 177 Å². The maximum atomic E-state index is 10.7. The Morgan fingerprint density at radius 2 is 0.778 bits per heavy atom. The average Bonchev–Trinajstić information content (AvgIpc) is 3.28. The molecule has 9 rings (SSSR count). The summed E-state index contributed by atoms with van der Waals surface area (Å²) < 4.78 is 15.5. The van der Waals surface area contributed by atoms with Gasteiger partial charge in [0.05, 0.1) is 0 Å². The molecule has 0 aromatic heterocycles. The Hall–Kier alpha value is -5.77. The van der Waals surface area contributed by atoms with E-state index in [0.717, 1.165) is 53.4 Å². The number of aryl methyl sites for hydroxylation is 3. The van der Waals surface area contributed by atoms with Crippen LogP contribution in [0.4, 0.5) is 34.1 Å². The van der Waals surface area contributed by atoms with Crippen LogP contribution in [0.2, 0.25) is 0 Å². The second-order valence-corrected chi connectivity index (χ2v) is 15.3. The molecule has 323 valence electrons. The van der Waals surface area contributed by atoms with E-state index in [9.17, 15) is 14.4 Å². The second kappa shape index (κ2) is 22.5. The number of carbonyl (C=O) groups is 3. The molecule has 0 fully saturated rings. The fraction of sp³-hybridized carbons (Fsp3) is 0.264. The standard InChI is InChI=1S/2C17H17NO2.C17H16NO2.C2H6.Y/c3*1-12-7-8-15-10-14-5-3-4-6-16(14)18(17(15)9-12)13(2)20-11-19;1-2;/h2*3-9,11,13H,10H2,1-2H3;3,5-9,11,13H,10H2,1-2H3;1-2H3;/q;;-1;;. The van der Waals surface area contributed by atoms with Gasteiger partial charge in [0.2, 0.25) is 0 Å². The van der Waals surface area contributed by atoms with Crippen LogP contribution in [0.5, 0.6) is 0 Å². The summed E-state index contributed by atoms with van der Waals surface area (Å²) in [5.41, 5.74) is 17.7. The van der Waals surface area contributed by atoms with Gasteiger partial charge in [-0.15, -0.1) is 5.56 Å². The summed E-state index contributed by atoms with van der Waals surface area (Å²) in [6, 6.07) is 44.8. The van der Waals surface area contributed by atoms with E-state index in [-0.39, 0.29) is 51.4 Å². The van der Waals surface area contributed by atoms with Crippen LogP contribution in [-0.4, -0.2) is 38.1 Å². The van der Waals surface area contributed by atoms with Crippen molar-refractivity contribution in [1.29, 1.82) is 0 Å². The first-order valence-corrected chi connectivity index (χ1v) is 21.2. The molecule has 0 N–H and O–H groups in total. The third kappa shape index (κ3) is 10.9. The number of para-hydroxylation sites is 2. The molecule has 9 nitrogen and oxygen atoms in total. The average molecular weight is 920 g/mol. The molecule has 6 aromatic rings. The molecule has 0 bridgehead atoms. The van der Waals surface area contributed by atoms with Crippen LogP contribution in [0.25, 0.3) is 0 Å². The van der Waals surface area contributed by atoms with Gasteiger partial charge in [0.25, 0.3) is 19.4 Å². The molecular weight excluding hydrogens is 864 g/mol. The number of anilines is 6. The minimum Gasteiger partial charge on any atom is -0.445 e. The summed E-state index contributed by atoms with van der Waals surface area (Å²) in [4.78, 5) is 38.3. The molecular formula is C53H56N3O6Y-. The van der Waals surface area contributed by atoms with Gasteiger partial charge >= 0.3 is 0 Å². The van der Waals surface area contributed by atoms with Gasteiger partial charge in [-0.25, -0.2) is 0 Å². The number of benzene rings is 6. The quantitative estimate of drug-likeness (QED) is 0.0799. The second-order valence-electron chi connectivity index (χ2n) is 15.3. The van der Waals surface area contributed by atoms with Gasteiger partial charge in [0, 0.05) is 74.0 Å². The van der Waals surface area contributed by atoms with E-state index in [1.807, 2.05) is 71.0 Å². The first kappa shape index (κ1) is 48.3. The first-order valence-electron chi connectivity index (χ1n) is 21.2. The molecule has 0 amide bonds. The van der Waals surface area contributed by atoms with E-state index in [0.29, 0.717) is 19.4 Å². The van der Waals surface area contributed by atoms with Crippen molar-refractivity contribution in [3.8, 4) is 0 Å². The summed E-state index contributed by atoms with van der Waals surface area (Å²) >= 11 is 0. The predicted octanol–water partition coefficient (Wildman–Crippen LogP) is 11.5. The van der Waals surface area contributed by atoms with Crippen LogP contribution in [0.1, 0.15) is 84.7 Å². The normalized spacial score (nSPS) is 13.6. The largest absolute Gasteiger partial charge is 0.445 e. The molecule has 10 heteroatoms. The smallest absolute Gasteiger partial charge is 0.295 e. The molecule has 3 heterocycles. The summed E-state index contributed by atoms with van der Waals surface area (Å²) in [7, 11) is 0. The number of carbonyl (C=O) groups excluding carboxylic acids is 3. The molecule has 6 aromatic carbocycles. The minimum atomic E-state index is -0.345. The molecule has 0 aliphatic carbocycles. The Balaban J connectivity index is 0.000000173. The molecule has 0 saturated heterocycles. The molecule has 1 radical (unpaired) electrons. The molecule has 0 saturated carbocycles. The van der Waals surface area contributed by atoms with Gasteiger partial charge in [-0.3, -0.25) is 14.4 Å². The Bertz CT molecular complexity index is 2230. The van der Waals surface area contributed by atoms with E-state index in [1.165, 1.54) is 50.1 Å². The molecule has 3 unspecified atom stereocenters. The molecule has 3 atom stereocenters. The van der Waals surface area contributed by atoms with Crippen LogP contribution in [0.15, 0.2) is 121 Å². The van der Waals surface area contributed by atoms with Crippen molar-refractivity contribution in [2.24, 2.45) is 0 Å². The monoisotopic (exact) mass is 919 g/mol. The molecule has 3 aliphatic heterocycles. The van der Waals surface area contributed by atoms with Crippen LogP contribution in [0.3, 0.4) is 0 Å². The van der Waals surface area contributed by atoms with Crippen molar-refractivity contribution in [2.75, 3.05) is 14.7 Å². The predicted molar refractivity (Wildman–Crippen MR) is 248 cm³/mol. The third-order valence-corrected chi connectivity index (χ3v) is 11.2. The number of hydrogen-bond donors (Lipinski definition) is 0. The van der Waals surface area contributed by atoms with Gasteiger partial charge in [0.15, 0.2) is 18.7 Å². The summed E-state index contributed by atoms with van der Waals surface area (Å²) in [6.07, 6.45) is 1.72. The first-order chi connectivity index (χ1) is 30.1. The van der Waals surface area contributed by atoms with Gasteiger partial charge in [-0.1, -0.05) is 92.3 Å². The molecule has 3 aliphatic rings. The third-order valence-electron chi connectivity index (χ3n) is 11.2. The number of hydrogen-bond acceptors (Lipinski definition) is 9. The Labute approximate surface area is 397 Å². The fourth-order valence-corrected chi connectivity index (χ4v) is 8.36. The Morgan fingerprint density at radius 1 is 0.460 bits per heavy atom. The minimum absolute atomic E-state index is 0. The van der Waals surface area contributed by atoms with Gasteiger partial charge in [0.1, 0.15) is 0 Å². The van der Waals surface area contributed by atoms with E-state index in [4.69, 9.17) is 14.2 Å². The van der Waals surface area contributed by atoms with Crippen molar-refractivity contribution < 1.29 is 61.3 Å². The van der Waals surface area contributed by atoms with Crippen molar-refractivity contribution in [3.63, 3.8) is 0 Å². The topological polar surface area (TPSA) is 88.6 Å². The zero-order valence-electron chi connectivity index (χ0n) is 37.5. The number of ether oxygens (including phenoxy) is 3. The zero-order valence-corrected chi connectivity index (χ0v) is 40.3. The van der Waals surface area contributed by atoms with Crippen molar-refractivity contribution in [1.82, 2.24) is 0 Å². The molecule has 0 spiro atoms. The Morgan fingerprint density at radius 3 is 1.14 bits per heavy atom.